The molecule has 15 nitrogen and oxygen atoms in total. The van der Waals surface area contributed by atoms with Gasteiger partial charge < -0.3 is 48.3 Å². The average molecular weight is 546 g/mol. The number of aromatic nitrogens is 2. The molecule has 0 spiro atoms. The van der Waals surface area contributed by atoms with Gasteiger partial charge in [0, 0.05) is 24.9 Å². The molecule has 0 saturated carbocycles. The van der Waals surface area contributed by atoms with Gasteiger partial charge in [0.25, 0.3) is 0 Å². The third-order valence-corrected chi connectivity index (χ3v) is 5.65. The fourth-order valence-electron chi connectivity index (χ4n) is 3.50. The minimum Gasteiger partial charge on any atom is -0.508 e. The molecule has 0 aliphatic rings. The van der Waals surface area contributed by atoms with Crippen molar-refractivity contribution in [3.63, 3.8) is 0 Å². The van der Waals surface area contributed by atoms with Crippen LogP contribution in [-0.2, 0) is 32.0 Å². The SMILES string of the molecule is CC(NC(=O)C(Cc1cnc[nH]1)NC(=O)C(CCCN=C(N)N)NC(=O)C(N)Cc1ccc(O)cc1)C(=O)O. The predicted octanol–water partition coefficient (Wildman–Crippen LogP) is -2.16. The molecule has 0 radical (unpaired) electrons. The molecule has 0 fully saturated rings. The number of nitrogens with zero attached hydrogens (tertiary/aromatic N) is 2. The lowest BCUT2D eigenvalue weighted by Crippen LogP contribution is -2.57. The Morgan fingerprint density at radius 2 is 1.64 bits per heavy atom. The zero-order valence-electron chi connectivity index (χ0n) is 21.5. The van der Waals surface area contributed by atoms with Crippen LogP contribution in [0.25, 0.3) is 0 Å². The minimum absolute atomic E-state index is 0.0149. The van der Waals surface area contributed by atoms with Gasteiger partial charge in [0.2, 0.25) is 17.7 Å². The summed E-state index contributed by atoms with van der Waals surface area (Å²) in [5, 5.41) is 26.1. The van der Waals surface area contributed by atoms with Gasteiger partial charge in [0.15, 0.2) is 5.96 Å². The van der Waals surface area contributed by atoms with Crippen molar-refractivity contribution in [3.8, 4) is 5.75 Å². The highest BCUT2D eigenvalue weighted by atomic mass is 16.4. The van der Waals surface area contributed by atoms with Crippen LogP contribution in [0, 0.1) is 0 Å². The summed E-state index contributed by atoms with van der Waals surface area (Å²) in [4.78, 5) is 60.8. The lowest BCUT2D eigenvalue weighted by Gasteiger charge is -2.24. The quantitative estimate of drug-likeness (QED) is 0.0664. The standard InChI is InChI=1S/C24H35N9O6/c1-13(23(38)39)31-22(37)19(10-15-11-28-12-30-15)33-21(36)18(3-2-8-29-24(26)27)32-20(35)17(25)9-14-4-6-16(34)7-5-14/h4-7,11-13,17-19,34H,2-3,8-10,25H2,1H3,(H,28,30)(H,31,37)(H,32,35)(H,33,36)(H,38,39)(H4,26,27,29). The summed E-state index contributed by atoms with van der Waals surface area (Å²) >= 11 is 0. The van der Waals surface area contributed by atoms with Gasteiger partial charge >= 0.3 is 5.97 Å². The lowest BCUT2D eigenvalue weighted by atomic mass is 10.0. The number of nitrogens with one attached hydrogen (secondary N) is 4. The van der Waals surface area contributed by atoms with Crippen LogP contribution in [0.1, 0.15) is 31.0 Å². The predicted molar refractivity (Wildman–Crippen MR) is 141 cm³/mol. The molecule has 0 saturated heterocycles. The third kappa shape index (κ3) is 10.7. The molecule has 0 bridgehead atoms. The number of amides is 3. The van der Waals surface area contributed by atoms with Crippen molar-refractivity contribution in [2.75, 3.05) is 6.54 Å². The number of aromatic amines is 1. The van der Waals surface area contributed by atoms with Crippen molar-refractivity contribution >= 4 is 29.7 Å². The molecule has 4 unspecified atom stereocenters. The number of nitrogens with two attached hydrogens (primary N) is 3. The van der Waals surface area contributed by atoms with Crippen LogP contribution in [0.2, 0.25) is 0 Å². The van der Waals surface area contributed by atoms with E-state index in [4.69, 9.17) is 22.3 Å². The summed E-state index contributed by atoms with van der Waals surface area (Å²) in [6, 6.07) is 1.69. The Balaban J connectivity index is 2.16. The van der Waals surface area contributed by atoms with Crippen LogP contribution in [0.5, 0.6) is 5.75 Å². The number of guanidine groups is 1. The second-order valence-electron chi connectivity index (χ2n) is 8.90. The van der Waals surface area contributed by atoms with E-state index in [0.29, 0.717) is 17.7 Å². The fraction of sp³-hybridized carbons (Fsp3) is 0.417. The number of hydrogen-bond donors (Lipinski definition) is 9. The summed E-state index contributed by atoms with van der Waals surface area (Å²) < 4.78 is 0. The van der Waals surface area contributed by atoms with Crippen molar-refractivity contribution < 1.29 is 29.4 Å². The number of aliphatic imine (C=N–C) groups is 1. The van der Waals surface area contributed by atoms with Gasteiger partial charge in [-0.05, 0) is 43.9 Å². The molecule has 15 heteroatoms. The van der Waals surface area contributed by atoms with E-state index in [0.717, 1.165) is 0 Å². The van der Waals surface area contributed by atoms with E-state index >= 15 is 0 Å². The number of hydrogen-bond acceptors (Lipinski definition) is 8. The molecule has 12 N–H and O–H groups in total. The van der Waals surface area contributed by atoms with Crippen molar-refractivity contribution in [2.45, 2.75) is 56.8 Å². The maximum atomic E-state index is 13.3. The van der Waals surface area contributed by atoms with E-state index in [1.807, 2.05) is 0 Å². The van der Waals surface area contributed by atoms with Crippen LogP contribution in [0.3, 0.4) is 0 Å². The Morgan fingerprint density at radius 1 is 1.00 bits per heavy atom. The molecule has 1 heterocycles. The smallest absolute Gasteiger partial charge is 0.325 e. The second-order valence-corrected chi connectivity index (χ2v) is 8.90. The Labute approximate surface area is 224 Å². The molecule has 2 rings (SSSR count). The van der Waals surface area contributed by atoms with Gasteiger partial charge in [-0.3, -0.25) is 24.2 Å². The topological polar surface area (TPSA) is 264 Å². The molecule has 0 aliphatic carbocycles. The molecule has 1 aromatic carbocycles. The number of imidazole rings is 1. The zero-order chi connectivity index (χ0) is 28.9. The average Bonchev–Trinajstić information content (AvgIpc) is 3.39. The van der Waals surface area contributed by atoms with Crippen LogP contribution in [0.4, 0.5) is 0 Å². The fourth-order valence-corrected chi connectivity index (χ4v) is 3.50. The van der Waals surface area contributed by atoms with E-state index in [1.54, 1.807) is 12.1 Å². The third-order valence-electron chi connectivity index (χ3n) is 5.65. The number of H-pyrrole nitrogens is 1. The molecule has 39 heavy (non-hydrogen) atoms. The van der Waals surface area contributed by atoms with Gasteiger partial charge in [-0.2, -0.15) is 0 Å². The maximum Gasteiger partial charge on any atom is 0.325 e. The summed E-state index contributed by atoms with van der Waals surface area (Å²) in [6.45, 7) is 1.48. The Hall–Kier alpha value is -4.66. The number of aliphatic carboxylic acids is 1. The number of carbonyl (C=O) groups is 4. The van der Waals surface area contributed by atoms with E-state index in [2.05, 4.69) is 30.9 Å². The number of phenolic OH excluding ortho intramolecular Hbond substituents is 1. The number of benzene rings is 1. The van der Waals surface area contributed by atoms with Crippen molar-refractivity contribution in [2.24, 2.45) is 22.2 Å². The first-order valence-corrected chi connectivity index (χ1v) is 12.2. The number of aromatic hydroxyl groups is 1. The second kappa shape index (κ2) is 14.9. The Bertz CT molecular complexity index is 1130. The Kier molecular flexibility index (Phi) is 11.7. The van der Waals surface area contributed by atoms with Crippen molar-refractivity contribution in [3.05, 3.63) is 48.0 Å². The highest BCUT2D eigenvalue weighted by Crippen LogP contribution is 2.11. The van der Waals surface area contributed by atoms with Crippen LogP contribution < -0.4 is 33.2 Å². The van der Waals surface area contributed by atoms with Crippen LogP contribution in [-0.4, -0.2) is 80.5 Å². The first kappa shape index (κ1) is 30.6. The summed E-state index contributed by atoms with van der Waals surface area (Å²) in [5.74, 6) is -3.34. The van der Waals surface area contributed by atoms with E-state index in [-0.39, 0.29) is 37.5 Å². The van der Waals surface area contributed by atoms with Crippen LogP contribution >= 0.6 is 0 Å². The highest BCUT2D eigenvalue weighted by molar-refractivity contribution is 5.94. The van der Waals surface area contributed by atoms with E-state index in [1.165, 1.54) is 31.6 Å². The zero-order valence-corrected chi connectivity index (χ0v) is 21.5. The number of carboxylic acids is 1. The Morgan fingerprint density at radius 3 is 2.23 bits per heavy atom. The number of rotatable bonds is 15. The molecule has 0 aliphatic heterocycles. The maximum absolute atomic E-state index is 13.3. The first-order chi connectivity index (χ1) is 18.5. The molecular formula is C24H35N9O6. The molecule has 212 valence electrons. The normalized spacial score (nSPS) is 13.8. The number of phenols is 1. The van der Waals surface area contributed by atoms with Crippen molar-refractivity contribution in [1.82, 2.24) is 25.9 Å². The van der Waals surface area contributed by atoms with Gasteiger partial charge in [-0.25, -0.2) is 4.98 Å². The van der Waals surface area contributed by atoms with Gasteiger partial charge in [0.1, 0.15) is 23.9 Å². The van der Waals surface area contributed by atoms with E-state index in [9.17, 15) is 24.3 Å². The minimum atomic E-state index is -1.25. The molecule has 1 aromatic heterocycles. The molecular weight excluding hydrogens is 510 g/mol. The summed E-state index contributed by atoms with van der Waals surface area (Å²) in [7, 11) is 0. The van der Waals surface area contributed by atoms with E-state index < -0.39 is 47.9 Å². The molecule has 3 amide bonds. The number of carboxylic acid groups (broad SMARTS) is 1. The monoisotopic (exact) mass is 545 g/mol. The van der Waals surface area contributed by atoms with Gasteiger partial charge in [-0.15, -0.1) is 0 Å². The van der Waals surface area contributed by atoms with Gasteiger partial charge in [0.05, 0.1) is 12.4 Å². The first-order valence-electron chi connectivity index (χ1n) is 12.2. The lowest BCUT2D eigenvalue weighted by molar-refractivity contribution is -0.141. The van der Waals surface area contributed by atoms with Crippen molar-refractivity contribution in [1.29, 1.82) is 0 Å². The summed E-state index contributed by atoms with van der Waals surface area (Å²) in [5.41, 5.74) is 18.0. The van der Waals surface area contributed by atoms with Gasteiger partial charge in [-0.1, -0.05) is 12.1 Å². The van der Waals surface area contributed by atoms with Crippen LogP contribution in [0.15, 0.2) is 41.8 Å². The largest absolute Gasteiger partial charge is 0.508 e. The number of carbonyl (C=O) groups excluding carboxylic acids is 3. The molecule has 2 aromatic rings. The molecule has 4 atom stereocenters. The summed E-state index contributed by atoms with van der Waals surface area (Å²) in [6.07, 6.45) is 3.42. The highest BCUT2D eigenvalue weighted by Gasteiger charge is 2.29.